The van der Waals surface area contributed by atoms with Crippen LogP contribution in [0.5, 0.6) is 0 Å². The van der Waals surface area contributed by atoms with Gasteiger partial charge in [0.25, 0.3) is 0 Å². The molecule has 1 unspecified atom stereocenters. The zero-order chi connectivity index (χ0) is 9.14. The van der Waals surface area contributed by atoms with E-state index in [-0.39, 0.29) is 11.4 Å². The third-order valence-corrected chi connectivity index (χ3v) is 1.30. The lowest BCUT2D eigenvalue weighted by Gasteiger charge is -1.99. The van der Waals surface area contributed by atoms with E-state index in [1.807, 2.05) is 0 Å². The highest BCUT2D eigenvalue weighted by molar-refractivity contribution is 5.84. The lowest BCUT2D eigenvalue weighted by atomic mass is 10.3. The Morgan fingerprint density at radius 3 is 2.58 bits per heavy atom. The first-order valence-corrected chi connectivity index (χ1v) is 3.30. The van der Waals surface area contributed by atoms with E-state index in [9.17, 15) is 9.18 Å². The molecule has 1 aromatic heterocycles. The lowest BCUT2D eigenvalue weighted by Crippen LogP contribution is -2.02. The first kappa shape index (κ1) is 8.58. The van der Waals surface area contributed by atoms with Gasteiger partial charge in [0.1, 0.15) is 6.17 Å². The van der Waals surface area contributed by atoms with E-state index in [2.05, 4.69) is 9.97 Å². The van der Waals surface area contributed by atoms with Crippen LogP contribution in [0.15, 0.2) is 12.4 Å². The molecule has 0 spiro atoms. The molecule has 1 N–H and O–H groups in total. The standard InChI is InChI=1S/C7H7FN2O2/c1-4(8)5-2-10-6(3-9-5)7(11)12/h2-4H,1H3,(H,11,12). The molecule has 0 saturated carbocycles. The highest BCUT2D eigenvalue weighted by atomic mass is 19.1. The Hall–Kier alpha value is -1.52. The molecule has 1 heterocycles. The van der Waals surface area contributed by atoms with Crippen molar-refractivity contribution >= 4 is 5.97 Å². The number of aromatic nitrogens is 2. The van der Waals surface area contributed by atoms with Gasteiger partial charge in [-0.25, -0.2) is 14.2 Å². The van der Waals surface area contributed by atoms with Crippen molar-refractivity contribution in [2.75, 3.05) is 0 Å². The Labute approximate surface area is 68.1 Å². The lowest BCUT2D eigenvalue weighted by molar-refractivity contribution is 0.0689. The summed E-state index contributed by atoms with van der Waals surface area (Å²) >= 11 is 0. The van der Waals surface area contributed by atoms with Gasteiger partial charge in [0, 0.05) is 0 Å². The predicted molar refractivity (Wildman–Crippen MR) is 38.5 cm³/mol. The van der Waals surface area contributed by atoms with Crippen LogP contribution in [0.3, 0.4) is 0 Å². The van der Waals surface area contributed by atoms with Gasteiger partial charge in [-0.1, -0.05) is 0 Å². The van der Waals surface area contributed by atoms with Gasteiger partial charge < -0.3 is 5.11 Å². The fraction of sp³-hybridized carbons (Fsp3) is 0.286. The fourth-order valence-corrected chi connectivity index (χ4v) is 0.654. The molecule has 64 valence electrons. The number of halogens is 1. The van der Waals surface area contributed by atoms with E-state index in [1.165, 1.54) is 6.92 Å². The largest absolute Gasteiger partial charge is 0.476 e. The van der Waals surface area contributed by atoms with Crippen LogP contribution in [-0.2, 0) is 0 Å². The average Bonchev–Trinajstić information content (AvgIpc) is 2.04. The Bertz CT molecular complexity index is 284. The normalized spacial score (nSPS) is 12.5. The van der Waals surface area contributed by atoms with Crippen LogP contribution in [0.1, 0.15) is 29.3 Å². The van der Waals surface area contributed by atoms with Crippen molar-refractivity contribution in [3.8, 4) is 0 Å². The summed E-state index contributed by atoms with van der Waals surface area (Å²) in [4.78, 5) is 17.4. The minimum absolute atomic E-state index is 0.139. The maximum Gasteiger partial charge on any atom is 0.356 e. The van der Waals surface area contributed by atoms with E-state index in [0.29, 0.717) is 0 Å². The maximum absolute atomic E-state index is 12.5. The maximum atomic E-state index is 12.5. The van der Waals surface area contributed by atoms with E-state index in [1.54, 1.807) is 0 Å². The van der Waals surface area contributed by atoms with Crippen LogP contribution < -0.4 is 0 Å². The van der Waals surface area contributed by atoms with E-state index < -0.39 is 12.1 Å². The van der Waals surface area contributed by atoms with Crippen LogP contribution in [0.4, 0.5) is 4.39 Å². The van der Waals surface area contributed by atoms with Crippen molar-refractivity contribution in [2.24, 2.45) is 0 Å². The number of aromatic carboxylic acids is 1. The first-order chi connectivity index (χ1) is 5.61. The van der Waals surface area contributed by atoms with E-state index in [0.717, 1.165) is 12.4 Å². The third kappa shape index (κ3) is 1.75. The topological polar surface area (TPSA) is 63.1 Å². The summed E-state index contributed by atoms with van der Waals surface area (Å²) in [6.07, 6.45) is 0.933. The highest BCUT2D eigenvalue weighted by Crippen LogP contribution is 2.11. The minimum Gasteiger partial charge on any atom is -0.476 e. The van der Waals surface area contributed by atoms with Crippen molar-refractivity contribution in [3.63, 3.8) is 0 Å². The first-order valence-electron chi connectivity index (χ1n) is 3.30. The molecule has 4 nitrogen and oxygen atoms in total. The SMILES string of the molecule is CC(F)c1cnc(C(=O)O)cn1. The number of nitrogens with zero attached hydrogens (tertiary/aromatic N) is 2. The Kier molecular flexibility index (Phi) is 2.32. The number of alkyl halides is 1. The van der Waals surface area contributed by atoms with Gasteiger partial charge >= 0.3 is 5.97 Å². The van der Waals surface area contributed by atoms with Crippen molar-refractivity contribution in [1.29, 1.82) is 0 Å². The van der Waals surface area contributed by atoms with Crippen molar-refractivity contribution in [3.05, 3.63) is 23.8 Å². The van der Waals surface area contributed by atoms with Gasteiger partial charge in [0.2, 0.25) is 0 Å². The van der Waals surface area contributed by atoms with E-state index >= 15 is 0 Å². The molecular formula is C7H7FN2O2. The summed E-state index contributed by atoms with van der Waals surface area (Å²) in [7, 11) is 0. The molecule has 0 aliphatic rings. The monoisotopic (exact) mass is 170 g/mol. The second-order valence-corrected chi connectivity index (χ2v) is 2.25. The molecule has 5 heteroatoms. The molecule has 0 aliphatic heterocycles. The predicted octanol–water partition coefficient (Wildman–Crippen LogP) is 1.21. The van der Waals surface area contributed by atoms with E-state index in [4.69, 9.17) is 5.11 Å². The van der Waals surface area contributed by atoms with Crippen LogP contribution in [0.2, 0.25) is 0 Å². The van der Waals surface area contributed by atoms with Gasteiger partial charge in [-0.3, -0.25) is 4.98 Å². The number of carboxylic acid groups (broad SMARTS) is 1. The zero-order valence-electron chi connectivity index (χ0n) is 6.36. The molecule has 0 amide bonds. The second kappa shape index (κ2) is 3.25. The van der Waals surface area contributed by atoms with Crippen molar-refractivity contribution in [1.82, 2.24) is 9.97 Å². The summed E-state index contributed by atoms with van der Waals surface area (Å²) in [5.41, 5.74) is -0.0422. The summed E-state index contributed by atoms with van der Waals surface area (Å²) < 4.78 is 12.5. The van der Waals surface area contributed by atoms with Gasteiger partial charge in [0.05, 0.1) is 18.1 Å². The Morgan fingerprint density at radius 1 is 1.58 bits per heavy atom. The number of carboxylic acids is 1. The smallest absolute Gasteiger partial charge is 0.356 e. The zero-order valence-corrected chi connectivity index (χ0v) is 6.36. The van der Waals surface area contributed by atoms with Gasteiger partial charge in [-0.05, 0) is 6.92 Å². The van der Waals surface area contributed by atoms with Crippen LogP contribution in [0.25, 0.3) is 0 Å². The molecule has 0 aliphatic carbocycles. The van der Waals surface area contributed by atoms with Gasteiger partial charge in [-0.2, -0.15) is 0 Å². The Morgan fingerprint density at radius 2 is 2.25 bits per heavy atom. The number of hydrogen-bond donors (Lipinski definition) is 1. The molecule has 1 aromatic rings. The van der Waals surface area contributed by atoms with Crippen LogP contribution >= 0.6 is 0 Å². The molecule has 0 aromatic carbocycles. The number of hydrogen-bond acceptors (Lipinski definition) is 3. The van der Waals surface area contributed by atoms with Gasteiger partial charge in [-0.15, -0.1) is 0 Å². The molecule has 1 rings (SSSR count). The molecule has 12 heavy (non-hydrogen) atoms. The number of carbonyl (C=O) groups is 1. The van der Waals surface area contributed by atoms with Crippen LogP contribution in [0, 0.1) is 0 Å². The fourth-order valence-electron chi connectivity index (χ4n) is 0.654. The van der Waals surface area contributed by atoms with Crippen molar-refractivity contribution in [2.45, 2.75) is 13.1 Å². The third-order valence-electron chi connectivity index (χ3n) is 1.30. The molecule has 0 saturated heterocycles. The average molecular weight is 170 g/mol. The molecule has 0 radical (unpaired) electrons. The van der Waals surface area contributed by atoms with Crippen molar-refractivity contribution < 1.29 is 14.3 Å². The molecule has 0 bridgehead atoms. The summed E-state index contributed by atoms with van der Waals surface area (Å²) in [5, 5.41) is 8.42. The Balaban J connectivity index is 2.93. The minimum atomic E-state index is -1.22. The van der Waals surface area contributed by atoms with Crippen LogP contribution in [-0.4, -0.2) is 21.0 Å². The second-order valence-electron chi connectivity index (χ2n) is 2.25. The summed E-state index contributed by atoms with van der Waals surface area (Å²) in [5.74, 6) is -1.17. The summed E-state index contributed by atoms with van der Waals surface area (Å²) in [6, 6.07) is 0. The quantitative estimate of drug-likeness (QED) is 0.724. The summed E-state index contributed by atoms with van der Waals surface area (Å²) in [6.45, 7) is 1.31. The molecular weight excluding hydrogens is 163 g/mol. The number of rotatable bonds is 2. The molecule has 1 atom stereocenters. The highest BCUT2D eigenvalue weighted by Gasteiger charge is 2.08. The van der Waals surface area contributed by atoms with Gasteiger partial charge in [0.15, 0.2) is 5.69 Å². The molecule has 0 fully saturated rings.